The van der Waals surface area contributed by atoms with Crippen LogP contribution in [0.4, 0.5) is 11.4 Å². The summed E-state index contributed by atoms with van der Waals surface area (Å²) in [5.74, 6) is -0.0317. The Bertz CT molecular complexity index is 1090. The molecule has 0 radical (unpaired) electrons. The molecule has 0 aromatic heterocycles. The second kappa shape index (κ2) is 9.70. The van der Waals surface area contributed by atoms with E-state index >= 15 is 0 Å². The monoisotopic (exact) mass is 508 g/mol. The third-order valence-electron chi connectivity index (χ3n) is 5.17. The Morgan fingerprint density at radius 3 is 1.84 bits per heavy atom. The van der Waals surface area contributed by atoms with Gasteiger partial charge in [-0.25, -0.2) is 0 Å². The minimum Gasteiger partial charge on any atom is -0.342 e. The van der Waals surface area contributed by atoms with Crippen molar-refractivity contribution in [1.82, 2.24) is 9.80 Å². The Labute approximate surface area is 208 Å². The van der Waals surface area contributed by atoms with Crippen LogP contribution in [0.15, 0.2) is 36.4 Å². The van der Waals surface area contributed by atoms with Gasteiger partial charge < -0.3 is 9.80 Å². The Morgan fingerprint density at radius 2 is 1.34 bits per heavy atom. The molecule has 0 atom stereocenters. The van der Waals surface area contributed by atoms with Crippen molar-refractivity contribution in [3.05, 3.63) is 57.6 Å². The average molecular weight is 509 g/mol. The molecule has 0 spiro atoms. The van der Waals surface area contributed by atoms with E-state index in [2.05, 4.69) is 0 Å². The lowest BCUT2D eigenvalue weighted by Crippen LogP contribution is -2.31. The molecule has 10 heteroatoms. The van der Waals surface area contributed by atoms with E-state index in [4.69, 9.17) is 47.6 Å². The first-order valence-corrected chi connectivity index (χ1v) is 11.3. The number of hydrogen-bond acceptors (Lipinski definition) is 4. The topological polar surface area (TPSA) is 47.1 Å². The van der Waals surface area contributed by atoms with Gasteiger partial charge >= 0.3 is 0 Å². The number of benzene rings is 2. The summed E-state index contributed by atoms with van der Waals surface area (Å²) in [4.78, 5) is 30.2. The van der Waals surface area contributed by atoms with E-state index in [9.17, 15) is 9.59 Å². The SMILES string of the molecule is Cc1c(Cl)cccc1N1C(=O)CN(C)C1=S.Cc1ccc(Cl)cc1N1C(=O)CN(C)C1=S. The molecule has 2 saturated heterocycles. The zero-order valence-corrected chi connectivity index (χ0v) is 21.2. The fourth-order valence-electron chi connectivity index (χ4n) is 3.37. The molecule has 2 aromatic rings. The molecule has 2 amide bonds. The van der Waals surface area contributed by atoms with Crippen molar-refractivity contribution in [1.29, 1.82) is 0 Å². The molecule has 168 valence electrons. The molecule has 0 bridgehead atoms. The van der Waals surface area contributed by atoms with Crippen molar-refractivity contribution < 1.29 is 9.59 Å². The van der Waals surface area contributed by atoms with Gasteiger partial charge in [0.05, 0.1) is 24.5 Å². The van der Waals surface area contributed by atoms with Gasteiger partial charge in [-0.2, -0.15) is 0 Å². The summed E-state index contributed by atoms with van der Waals surface area (Å²) in [6.45, 7) is 4.46. The quantitative estimate of drug-likeness (QED) is 0.559. The number of carbonyl (C=O) groups excluding carboxylic acids is 2. The molecule has 2 heterocycles. The first-order valence-electron chi connectivity index (χ1n) is 9.70. The van der Waals surface area contributed by atoms with E-state index in [0.29, 0.717) is 33.4 Å². The van der Waals surface area contributed by atoms with Crippen LogP contribution in [0.3, 0.4) is 0 Å². The molecule has 32 heavy (non-hydrogen) atoms. The smallest absolute Gasteiger partial charge is 0.252 e. The number of hydrogen-bond donors (Lipinski definition) is 0. The number of nitrogens with zero attached hydrogens (tertiary/aromatic N) is 4. The second-order valence-corrected chi connectivity index (χ2v) is 9.12. The lowest BCUT2D eigenvalue weighted by atomic mass is 10.2. The predicted molar refractivity (Wildman–Crippen MR) is 138 cm³/mol. The van der Waals surface area contributed by atoms with E-state index in [1.54, 1.807) is 42.1 Å². The summed E-state index contributed by atoms with van der Waals surface area (Å²) >= 11 is 22.4. The van der Waals surface area contributed by atoms with Crippen LogP contribution in [0.1, 0.15) is 11.1 Å². The van der Waals surface area contributed by atoms with E-state index in [1.165, 1.54) is 9.80 Å². The third kappa shape index (κ3) is 4.73. The summed E-state index contributed by atoms with van der Waals surface area (Å²) in [6, 6.07) is 10.9. The summed E-state index contributed by atoms with van der Waals surface area (Å²) in [5, 5.41) is 2.29. The van der Waals surface area contributed by atoms with Crippen molar-refractivity contribution in [2.75, 3.05) is 37.0 Å². The predicted octanol–water partition coefficient (Wildman–Crippen LogP) is 4.42. The van der Waals surface area contributed by atoms with Crippen LogP contribution >= 0.6 is 47.6 Å². The van der Waals surface area contributed by atoms with Crippen molar-refractivity contribution in [2.24, 2.45) is 0 Å². The molecule has 2 aliphatic rings. The zero-order chi connectivity index (χ0) is 23.7. The molecule has 0 N–H and O–H groups in total. The van der Waals surface area contributed by atoms with Gasteiger partial charge in [-0.05, 0) is 73.7 Å². The number of aryl methyl sites for hydroxylation is 1. The Hall–Kier alpha value is -2.26. The number of thiocarbonyl (C=S) groups is 2. The van der Waals surface area contributed by atoms with Gasteiger partial charge in [-0.15, -0.1) is 0 Å². The first-order chi connectivity index (χ1) is 15.0. The van der Waals surface area contributed by atoms with Gasteiger partial charge in [0.15, 0.2) is 10.2 Å². The minimum absolute atomic E-state index is 0.0159. The molecular formula is C22H22Cl2N4O2S2. The van der Waals surface area contributed by atoms with Crippen LogP contribution in [-0.2, 0) is 9.59 Å². The number of amides is 2. The molecule has 2 aliphatic heterocycles. The third-order valence-corrected chi connectivity index (χ3v) is 6.80. The highest BCUT2D eigenvalue weighted by molar-refractivity contribution is 7.80. The Morgan fingerprint density at radius 1 is 0.812 bits per heavy atom. The van der Waals surface area contributed by atoms with E-state index < -0.39 is 0 Å². The summed E-state index contributed by atoms with van der Waals surface area (Å²) in [7, 11) is 3.61. The van der Waals surface area contributed by atoms with E-state index in [-0.39, 0.29) is 11.8 Å². The number of carbonyl (C=O) groups is 2. The number of anilines is 2. The average Bonchev–Trinajstić information content (AvgIpc) is 3.13. The van der Waals surface area contributed by atoms with Crippen molar-refractivity contribution >= 4 is 81.1 Å². The largest absolute Gasteiger partial charge is 0.342 e. The maximum absolute atomic E-state index is 11.8. The number of likely N-dealkylation sites (N-methyl/N-ethyl adjacent to an activating group) is 2. The minimum atomic E-state index is -0.0159. The second-order valence-electron chi connectivity index (χ2n) is 7.55. The lowest BCUT2D eigenvalue weighted by Gasteiger charge is -2.19. The van der Waals surface area contributed by atoms with E-state index in [0.717, 1.165) is 22.5 Å². The normalized spacial score (nSPS) is 16.2. The highest BCUT2D eigenvalue weighted by Gasteiger charge is 2.33. The number of rotatable bonds is 2. The van der Waals surface area contributed by atoms with Gasteiger partial charge in [-0.1, -0.05) is 35.3 Å². The first kappa shape index (κ1) is 24.4. The lowest BCUT2D eigenvalue weighted by molar-refractivity contribution is -0.117. The number of halogens is 2. The van der Waals surface area contributed by atoms with Crippen LogP contribution in [0.5, 0.6) is 0 Å². The Kier molecular flexibility index (Phi) is 7.39. The van der Waals surface area contributed by atoms with Gasteiger partial charge in [-0.3, -0.25) is 19.4 Å². The van der Waals surface area contributed by atoms with Gasteiger partial charge in [0.1, 0.15) is 0 Å². The summed E-state index contributed by atoms with van der Waals surface area (Å²) < 4.78 is 0. The van der Waals surface area contributed by atoms with Crippen LogP contribution in [0, 0.1) is 13.8 Å². The van der Waals surface area contributed by atoms with Gasteiger partial charge in [0.25, 0.3) is 11.8 Å². The van der Waals surface area contributed by atoms with Crippen LogP contribution in [0.25, 0.3) is 0 Å². The molecule has 2 fully saturated rings. The summed E-state index contributed by atoms with van der Waals surface area (Å²) in [6.07, 6.45) is 0. The molecular weight excluding hydrogens is 487 g/mol. The van der Waals surface area contributed by atoms with Crippen LogP contribution in [0.2, 0.25) is 10.0 Å². The highest BCUT2D eigenvalue weighted by atomic mass is 35.5. The fourth-order valence-corrected chi connectivity index (χ4v) is 4.24. The molecule has 2 aromatic carbocycles. The van der Waals surface area contributed by atoms with Crippen molar-refractivity contribution in [3.63, 3.8) is 0 Å². The fraction of sp³-hybridized carbons (Fsp3) is 0.273. The standard InChI is InChI=1S/2C11H11ClN2OS/c1-7-3-4-8(12)5-9(7)14-10(15)6-13(2)11(14)16;1-7-8(12)4-3-5-9(7)14-10(15)6-13(2)11(14)16/h2*3-5H,6H2,1-2H3. The zero-order valence-electron chi connectivity index (χ0n) is 18.1. The van der Waals surface area contributed by atoms with Crippen molar-refractivity contribution in [3.8, 4) is 0 Å². The molecule has 0 aliphatic carbocycles. The van der Waals surface area contributed by atoms with Gasteiger partial charge in [0.2, 0.25) is 0 Å². The van der Waals surface area contributed by atoms with Crippen LogP contribution < -0.4 is 9.80 Å². The maximum Gasteiger partial charge on any atom is 0.252 e. The van der Waals surface area contributed by atoms with Gasteiger partial charge in [0, 0.05) is 24.1 Å². The Balaban J connectivity index is 0.000000181. The maximum atomic E-state index is 11.8. The molecule has 0 saturated carbocycles. The molecule has 4 rings (SSSR count). The van der Waals surface area contributed by atoms with Crippen molar-refractivity contribution in [2.45, 2.75) is 13.8 Å². The molecule has 0 unspecified atom stereocenters. The highest BCUT2D eigenvalue weighted by Crippen LogP contribution is 2.29. The summed E-state index contributed by atoms with van der Waals surface area (Å²) in [5.41, 5.74) is 3.39. The molecule has 6 nitrogen and oxygen atoms in total. The van der Waals surface area contributed by atoms with Crippen LogP contribution in [-0.4, -0.2) is 59.0 Å². The van der Waals surface area contributed by atoms with E-state index in [1.807, 2.05) is 32.0 Å².